The zero-order chi connectivity index (χ0) is 18.7. The summed E-state index contributed by atoms with van der Waals surface area (Å²) in [5.74, 6) is 0.171. The molecule has 0 aliphatic carbocycles. The maximum absolute atomic E-state index is 12.8. The Bertz CT molecular complexity index is 840. The molecule has 0 saturated heterocycles. The van der Waals surface area contributed by atoms with Crippen LogP contribution in [-0.4, -0.2) is 31.3 Å². The fourth-order valence-electron chi connectivity index (χ4n) is 2.73. The Morgan fingerprint density at radius 3 is 2.88 bits per heavy atom. The standard InChI is InChI=1S/C19H19ClN2O4/c1-3-25-18(23)13-5-4-6-15(9-13)21-19(24)22-11-12(2)26-17-8-7-14(20)10-16(17)22/h4-10,12H,3,11H2,1-2H3,(H,21,24). The molecule has 7 heteroatoms. The minimum Gasteiger partial charge on any atom is -0.487 e. The number of esters is 1. The molecule has 1 N–H and O–H groups in total. The van der Waals surface area contributed by atoms with E-state index in [1.54, 1.807) is 54.3 Å². The number of nitrogens with zero attached hydrogens (tertiary/aromatic N) is 1. The molecule has 0 radical (unpaired) electrons. The number of carbonyl (C=O) groups is 2. The van der Waals surface area contributed by atoms with E-state index in [0.29, 0.717) is 40.9 Å². The van der Waals surface area contributed by atoms with Crippen LogP contribution in [0.2, 0.25) is 5.02 Å². The second-order valence-electron chi connectivity index (χ2n) is 5.88. The van der Waals surface area contributed by atoms with E-state index in [1.165, 1.54) is 0 Å². The fraction of sp³-hybridized carbons (Fsp3) is 0.263. The van der Waals surface area contributed by atoms with Crippen LogP contribution in [0.5, 0.6) is 5.75 Å². The number of urea groups is 1. The van der Waals surface area contributed by atoms with Gasteiger partial charge in [0.2, 0.25) is 0 Å². The highest BCUT2D eigenvalue weighted by molar-refractivity contribution is 6.31. The molecule has 1 aliphatic rings. The molecule has 1 atom stereocenters. The van der Waals surface area contributed by atoms with Gasteiger partial charge in [0.05, 0.1) is 24.4 Å². The molecule has 0 saturated carbocycles. The highest BCUT2D eigenvalue weighted by atomic mass is 35.5. The van der Waals surface area contributed by atoms with Gasteiger partial charge in [0.15, 0.2) is 0 Å². The fourth-order valence-corrected chi connectivity index (χ4v) is 2.90. The van der Waals surface area contributed by atoms with Gasteiger partial charge in [-0.25, -0.2) is 9.59 Å². The number of anilines is 2. The number of fused-ring (bicyclic) bond motifs is 1. The summed E-state index contributed by atoms with van der Waals surface area (Å²) in [6.07, 6.45) is -0.153. The first-order chi connectivity index (χ1) is 12.5. The Balaban J connectivity index is 1.82. The molecule has 2 aromatic rings. The van der Waals surface area contributed by atoms with Gasteiger partial charge in [-0.3, -0.25) is 4.90 Å². The van der Waals surface area contributed by atoms with Gasteiger partial charge in [0.25, 0.3) is 0 Å². The van der Waals surface area contributed by atoms with Crippen molar-refractivity contribution in [1.82, 2.24) is 0 Å². The van der Waals surface area contributed by atoms with Gasteiger partial charge in [0.1, 0.15) is 11.9 Å². The number of nitrogens with one attached hydrogen (secondary N) is 1. The average molecular weight is 375 g/mol. The molecular formula is C19H19ClN2O4. The Labute approximate surface area is 156 Å². The average Bonchev–Trinajstić information content (AvgIpc) is 2.62. The molecule has 0 fully saturated rings. The van der Waals surface area contributed by atoms with Crippen LogP contribution >= 0.6 is 11.6 Å². The number of benzene rings is 2. The molecule has 3 rings (SSSR count). The summed E-state index contributed by atoms with van der Waals surface area (Å²) in [4.78, 5) is 26.2. The molecule has 1 unspecified atom stereocenters. The summed E-state index contributed by atoms with van der Waals surface area (Å²) in [6, 6.07) is 11.4. The maximum Gasteiger partial charge on any atom is 0.338 e. The molecule has 0 spiro atoms. The van der Waals surface area contributed by atoms with Gasteiger partial charge < -0.3 is 14.8 Å². The minimum absolute atomic E-state index is 0.153. The quantitative estimate of drug-likeness (QED) is 0.811. The topological polar surface area (TPSA) is 67.9 Å². The lowest BCUT2D eigenvalue weighted by atomic mass is 10.2. The summed E-state index contributed by atoms with van der Waals surface area (Å²) in [6.45, 7) is 4.31. The van der Waals surface area contributed by atoms with Crippen molar-refractivity contribution in [2.75, 3.05) is 23.4 Å². The predicted molar refractivity (Wildman–Crippen MR) is 100 cm³/mol. The Morgan fingerprint density at radius 2 is 2.12 bits per heavy atom. The molecule has 6 nitrogen and oxygen atoms in total. The molecule has 0 aromatic heterocycles. The molecule has 26 heavy (non-hydrogen) atoms. The summed E-state index contributed by atoms with van der Waals surface area (Å²) in [7, 11) is 0. The van der Waals surface area contributed by atoms with Gasteiger partial charge in [-0.1, -0.05) is 17.7 Å². The van der Waals surface area contributed by atoms with Crippen LogP contribution in [0.25, 0.3) is 0 Å². The SMILES string of the molecule is CCOC(=O)c1cccc(NC(=O)N2CC(C)Oc3ccc(Cl)cc32)c1. The van der Waals surface area contributed by atoms with E-state index >= 15 is 0 Å². The summed E-state index contributed by atoms with van der Waals surface area (Å²) in [5, 5.41) is 3.33. The van der Waals surface area contributed by atoms with E-state index in [2.05, 4.69) is 5.32 Å². The molecule has 1 heterocycles. The smallest absolute Gasteiger partial charge is 0.338 e. The van der Waals surface area contributed by atoms with Crippen molar-refractivity contribution in [3.63, 3.8) is 0 Å². The van der Waals surface area contributed by atoms with Crippen molar-refractivity contribution in [2.45, 2.75) is 20.0 Å². The lowest BCUT2D eigenvalue weighted by Gasteiger charge is -2.33. The monoisotopic (exact) mass is 374 g/mol. The van der Waals surface area contributed by atoms with Gasteiger partial charge in [-0.15, -0.1) is 0 Å². The summed E-state index contributed by atoms with van der Waals surface area (Å²) < 4.78 is 10.7. The second-order valence-corrected chi connectivity index (χ2v) is 6.32. The molecule has 136 valence electrons. The number of hydrogen-bond acceptors (Lipinski definition) is 4. The van der Waals surface area contributed by atoms with Crippen molar-refractivity contribution in [2.24, 2.45) is 0 Å². The molecular weight excluding hydrogens is 356 g/mol. The highest BCUT2D eigenvalue weighted by Gasteiger charge is 2.28. The van der Waals surface area contributed by atoms with Crippen molar-refractivity contribution < 1.29 is 19.1 Å². The van der Waals surface area contributed by atoms with Crippen molar-refractivity contribution in [3.8, 4) is 5.75 Å². The van der Waals surface area contributed by atoms with E-state index in [9.17, 15) is 9.59 Å². The van der Waals surface area contributed by atoms with Gasteiger partial charge >= 0.3 is 12.0 Å². The predicted octanol–water partition coefficient (Wildman–Crippen LogP) is 4.34. The number of ether oxygens (including phenoxy) is 2. The van der Waals surface area contributed by atoms with Crippen LogP contribution in [0.4, 0.5) is 16.2 Å². The van der Waals surface area contributed by atoms with E-state index in [1.807, 2.05) is 6.92 Å². The number of carbonyl (C=O) groups excluding carboxylic acids is 2. The van der Waals surface area contributed by atoms with E-state index in [4.69, 9.17) is 21.1 Å². The van der Waals surface area contributed by atoms with E-state index in [-0.39, 0.29) is 12.1 Å². The second kappa shape index (κ2) is 7.66. The minimum atomic E-state index is -0.430. The zero-order valence-corrected chi connectivity index (χ0v) is 15.2. The number of amides is 2. The number of rotatable bonds is 3. The lowest BCUT2D eigenvalue weighted by molar-refractivity contribution is 0.0526. The van der Waals surface area contributed by atoms with Crippen LogP contribution in [0.3, 0.4) is 0 Å². The summed E-state index contributed by atoms with van der Waals surface area (Å²) >= 11 is 6.06. The van der Waals surface area contributed by atoms with Crippen LogP contribution in [0, 0.1) is 0 Å². The maximum atomic E-state index is 12.8. The van der Waals surface area contributed by atoms with Crippen LogP contribution in [0.15, 0.2) is 42.5 Å². The lowest BCUT2D eigenvalue weighted by Crippen LogP contribution is -2.44. The first-order valence-corrected chi connectivity index (χ1v) is 8.67. The Hall–Kier alpha value is -2.73. The van der Waals surface area contributed by atoms with Crippen molar-refractivity contribution in [3.05, 3.63) is 53.1 Å². The van der Waals surface area contributed by atoms with E-state index < -0.39 is 5.97 Å². The highest BCUT2D eigenvalue weighted by Crippen LogP contribution is 2.36. The molecule has 2 amide bonds. The Morgan fingerprint density at radius 1 is 1.31 bits per heavy atom. The van der Waals surface area contributed by atoms with Crippen LogP contribution in [-0.2, 0) is 4.74 Å². The van der Waals surface area contributed by atoms with Gasteiger partial charge in [0, 0.05) is 10.7 Å². The number of hydrogen-bond donors (Lipinski definition) is 1. The van der Waals surface area contributed by atoms with Crippen LogP contribution in [0.1, 0.15) is 24.2 Å². The van der Waals surface area contributed by atoms with Gasteiger partial charge in [-0.05, 0) is 50.2 Å². The summed E-state index contributed by atoms with van der Waals surface area (Å²) in [5.41, 5.74) is 1.49. The third-order valence-electron chi connectivity index (χ3n) is 3.85. The van der Waals surface area contributed by atoms with Gasteiger partial charge in [-0.2, -0.15) is 0 Å². The largest absolute Gasteiger partial charge is 0.487 e. The number of halogens is 1. The van der Waals surface area contributed by atoms with Crippen molar-refractivity contribution >= 4 is 35.0 Å². The molecule has 2 aromatic carbocycles. The third-order valence-corrected chi connectivity index (χ3v) is 4.08. The van der Waals surface area contributed by atoms with Crippen LogP contribution < -0.4 is 15.0 Å². The molecule has 1 aliphatic heterocycles. The van der Waals surface area contributed by atoms with E-state index in [0.717, 1.165) is 0 Å². The zero-order valence-electron chi connectivity index (χ0n) is 14.5. The third kappa shape index (κ3) is 3.91. The first-order valence-electron chi connectivity index (χ1n) is 8.30. The Kier molecular flexibility index (Phi) is 5.32. The van der Waals surface area contributed by atoms with Crippen molar-refractivity contribution in [1.29, 1.82) is 0 Å². The molecule has 0 bridgehead atoms. The first kappa shape index (κ1) is 18.1. The normalized spacial score (nSPS) is 15.7.